The summed E-state index contributed by atoms with van der Waals surface area (Å²) in [6.45, 7) is 0. The van der Waals surface area contributed by atoms with Crippen LogP contribution in [0.1, 0.15) is 22.6 Å². The van der Waals surface area contributed by atoms with Gasteiger partial charge in [0.05, 0.1) is 5.92 Å². The molecule has 0 aromatic heterocycles. The minimum absolute atomic E-state index is 0.0823. The highest BCUT2D eigenvalue weighted by molar-refractivity contribution is 7.20. The molecule has 2 nitrogen and oxygen atoms in total. The topological polar surface area (TPSA) is 26.3 Å². The van der Waals surface area contributed by atoms with Gasteiger partial charge < -0.3 is 4.74 Å². The Morgan fingerprint density at radius 3 is 1.77 bits per heavy atom. The summed E-state index contributed by atoms with van der Waals surface area (Å²) in [5, 5.41) is -0.754. The first-order valence-electron chi connectivity index (χ1n) is 10.0. The maximum atomic E-state index is 14.3. The number of rotatable bonds is 7. The third kappa shape index (κ3) is 4.71. The van der Waals surface area contributed by atoms with Crippen LogP contribution in [0.5, 0.6) is 5.75 Å². The summed E-state index contributed by atoms with van der Waals surface area (Å²) in [5.41, 5.74) is 2.58. The van der Waals surface area contributed by atoms with Crippen LogP contribution in [-0.4, -0.2) is 5.78 Å². The summed E-state index contributed by atoms with van der Waals surface area (Å²) < 4.78 is 6.38. The average molecular weight is 445 g/mol. The molecule has 0 heterocycles. The van der Waals surface area contributed by atoms with Gasteiger partial charge in [-0.2, -0.15) is 0 Å². The van der Waals surface area contributed by atoms with E-state index in [-0.39, 0.29) is 5.78 Å². The molecule has 0 aliphatic rings. The molecule has 4 rings (SSSR count). The van der Waals surface area contributed by atoms with E-state index in [0.29, 0.717) is 10.8 Å². The standard InChI is InChI=1S/C27H22ClO2P/c28-23-17-10-18-24(19-23)30-27(31,22-15-8-3-9-16-22)26(29)25(20-11-4-1-5-12-20)21-13-6-2-7-14-21/h1-19,25H,31H2. The quantitative estimate of drug-likeness (QED) is 0.291. The molecular weight excluding hydrogens is 423 g/mol. The number of halogens is 1. The summed E-state index contributed by atoms with van der Waals surface area (Å²) in [4.78, 5) is 14.3. The molecule has 0 saturated heterocycles. The minimum atomic E-state index is -1.30. The maximum absolute atomic E-state index is 14.3. The third-order valence-corrected chi connectivity index (χ3v) is 6.14. The van der Waals surface area contributed by atoms with Gasteiger partial charge in [0.15, 0.2) is 5.78 Å². The fourth-order valence-electron chi connectivity index (χ4n) is 3.65. The zero-order chi connectivity index (χ0) is 21.7. The van der Waals surface area contributed by atoms with Gasteiger partial charge in [0, 0.05) is 10.6 Å². The summed E-state index contributed by atoms with van der Waals surface area (Å²) in [5.74, 6) is -0.0556. The normalized spacial score (nSPS) is 12.9. The van der Waals surface area contributed by atoms with Crippen molar-refractivity contribution in [2.24, 2.45) is 0 Å². The fraction of sp³-hybridized carbons (Fsp3) is 0.0741. The SMILES string of the molecule is O=C(C(c1ccccc1)c1ccccc1)C(P)(Oc1cccc(Cl)c1)c1ccccc1. The van der Waals surface area contributed by atoms with Crippen LogP contribution in [-0.2, 0) is 10.1 Å². The Bertz CT molecular complexity index is 1110. The van der Waals surface area contributed by atoms with E-state index < -0.39 is 11.3 Å². The van der Waals surface area contributed by atoms with Gasteiger partial charge in [-0.15, -0.1) is 0 Å². The molecule has 4 aromatic carbocycles. The molecule has 0 N–H and O–H groups in total. The lowest BCUT2D eigenvalue weighted by molar-refractivity contribution is -0.129. The monoisotopic (exact) mass is 444 g/mol. The Hall–Kier alpha value is -2.93. The Kier molecular flexibility index (Phi) is 6.51. The van der Waals surface area contributed by atoms with Crippen molar-refractivity contribution in [2.75, 3.05) is 0 Å². The molecule has 0 saturated carbocycles. The van der Waals surface area contributed by atoms with Gasteiger partial charge in [-0.3, -0.25) is 4.79 Å². The largest absolute Gasteiger partial charge is 0.471 e. The third-order valence-electron chi connectivity index (χ3n) is 5.17. The van der Waals surface area contributed by atoms with Crippen molar-refractivity contribution < 1.29 is 9.53 Å². The molecule has 0 fully saturated rings. The van der Waals surface area contributed by atoms with Crippen LogP contribution in [0.3, 0.4) is 0 Å². The summed E-state index contributed by atoms with van der Waals surface area (Å²) in [6.07, 6.45) is 0. The number of hydrogen-bond acceptors (Lipinski definition) is 2. The van der Waals surface area contributed by atoms with Gasteiger partial charge >= 0.3 is 0 Å². The molecule has 4 heteroatoms. The predicted octanol–water partition coefficient (Wildman–Crippen LogP) is 6.85. The number of Topliss-reactive ketones (excluding diaryl/α,β-unsaturated/α-hetero) is 1. The zero-order valence-corrected chi connectivity index (χ0v) is 18.7. The van der Waals surface area contributed by atoms with E-state index in [1.165, 1.54) is 0 Å². The highest BCUT2D eigenvalue weighted by Gasteiger charge is 2.43. The smallest absolute Gasteiger partial charge is 0.204 e. The maximum Gasteiger partial charge on any atom is 0.204 e. The number of ether oxygens (including phenoxy) is 1. The molecule has 0 aliphatic carbocycles. The Balaban J connectivity index is 1.85. The van der Waals surface area contributed by atoms with Crippen LogP contribution in [0.25, 0.3) is 0 Å². The van der Waals surface area contributed by atoms with E-state index in [2.05, 4.69) is 9.24 Å². The average Bonchev–Trinajstić information content (AvgIpc) is 2.81. The number of carbonyl (C=O) groups excluding carboxylic acids is 1. The van der Waals surface area contributed by atoms with Crippen LogP contribution in [0.15, 0.2) is 115 Å². The van der Waals surface area contributed by atoms with E-state index in [1.807, 2.05) is 97.1 Å². The van der Waals surface area contributed by atoms with Crippen molar-refractivity contribution >= 4 is 26.6 Å². The second kappa shape index (κ2) is 9.47. The fourth-order valence-corrected chi connectivity index (χ4v) is 4.33. The number of hydrogen-bond donors (Lipinski definition) is 0. The number of carbonyl (C=O) groups is 1. The van der Waals surface area contributed by atoms with Gasteiger partial charge in [0.2, 0.25) is 5.34 Å². The lowest BCUT2D eigenvalue weighted by Gasteiger charge is -2.33. The molecule has 0 radical (unpaired) electrons. The van der Waals surface area contributed by atoms with E-state index in [0.717, 1.165) is 16.7 Å². The van der Waals surface area contributed by atoms with Gasteiger partial charge in [-0.05, 0) is 29.3 Å². The predicted molar refractivity (Wildman–Crippen MR) is 130 cm³/mol. The van der Waals surface area contributed by atoms with E-state index in [1.54, 1.807) is 18.2 Å². The molecular formula is C27H22ClO2P. The zero-order valence-electron chi connectivity index (χ0n) is 16.8. The molecule has 0 aliphatic heterocycles. The van der Waals surface area contributed by atoms with E-state index in [4.69, 9.17) is 16.3 Å². The molecule has 0 spiro atoms. The van der Waals surface area contributed by atoms with Gasteiger partial charge in [-0.1, -0.05) is 118 Å². The Labute approximate surface area is 190 Å². The van der Waals surface area contributed by atoms with Crippen LogP contribution in [0.2, 0.25) is 5.02 Å². The highest BCUT2D eigenvalue weighted by atomic mass is 35.5. The van der Waals surface area contributed by atoms with Crippen LogP contribution >= 0.6 is 20.8 Å². The second-order valence-electron chi connectivity index (χ2n) is 7.28. The van der Waals surface area contributed by atoms with E-state index >= 15 is 0 Å². The Morgan fingerprint density at radius 1 is 0.742 bits per heavy atom. The first-order chi connectivity index (χ1) is 15.1. The van der Waals surface area contributed by atoms with Crippen LogP contribution < -0.4 is 4.74 Å². The van der Waals surface area contributed by atoms with Gasteiger partial charge in [0.25, 0.3) is 0 Å². The summed E-state index contributed by atoms with van der Waals surface area (Å²) >= 11 is 6.18. The molecule has 4 aromatic rings. The van der Waals surface area contributed by atoms with Gasteiger partial charge in [-0.25, -0.2) is 0 Å². The first kappa shape index (κ1) is 21.3. The van der Waals surface area contributed by atoms with Crippen molar-refractivity contribution in [1.82, 2.24) is 0 Å². The van der Waals surface area contributed by atoms with Crippen molar-refractivity contribution in [3.8, 4) is 5.75 Å². The lowest BCUT2D eigenvalue weighted by Crippen LogP contribution is -2.39. The summed E-state index contributed by atoms with van der Waals surface area (Å²) in [6, 6.07) is 36.3. The Morgan fingerprint density at radius 2 is 1.26 bits per heavy atom. The van der Waals surface area contributed by atoms with Crippen LogP contribution in [0.4, 0.5) is 0 Å². The minimum Gasteiger partial charge on any atom is -0.471 e. The highest BCUT2D eigenvalue weighted by Crippen LogP contribution is 2.42. The van der Waals surface area contributed by atoms with Crippen molar-refractivity contribution in [1.29, 1.82) is 0 Å². The molecule has 31 heavy (non-hydrogen) atoms. The number of ketones is 1. The molecule has 2 unspecified atom stereocenters. The number of benzene rings is 4. The van der Waals surface area contributed by atoms with Crippen molar-refractivity contribution in [3.63, 3.8) is 0 Å². The van der Waals surface area contributed by atoms with Gasteiger partial charge in [0.1, 0.15) is 5.75 Å². The van der Waals surface area contributed by atoms with Crippen molar-refractivity contribution in [3.05, 3.63) is 137 Å². The van der Waals surface area contributed by atoms with E-state index in [9.17, 15) is 4.79 Å². The van der Waals surface area contributed by atoms with Crippen molar-refractivity contribution in [2.45, 2.75) is 11.3 Å². The lowest BCUT2D eigenvalue weighted by atomic mass is 9.83. The molecule has 2 atom stereocenters. The summed E-state index contributed by atoms with van der Waals surface area (Å²) in [7, 11) is 2.67. The van der Waals surface area contributed by atoms with Crippen LogP contribution in [0, 0.1) is 0 Å². The second-order valence-corrected chi connectivity index (χ2v) is 8.53. The molecule has 154 valence electrons. The molecule has 0 amide bonds. The first-order valence-corrected chi connectivity index (χ1v) is 11.0. The molecule has 0 bridgehead atoms.